The summed E-state index contributed by atoms with van der Waals surface area (Å²) >= 11 is 0. The fraction of sp³-hybridized carbons (Fsp3) is 0.562. The van der Waals surface area contributed by atoms with E-state index in [0.717, 1.165) is 17.7 Å². The number of aryl methyl sites for hydroxylation is 1. The van der Waals surface area contributed by atoms with E-state index in [9.17, 15) is 4.79 Å². The Bertz CT molecular complexity index is 483. The highest BCUT2D eigenvalue weighted by Gasteiger charge is 2.29. The highest BCUT2D eigenvalue weighted by Crippen LogP contribution is 2.21. The summed E-state index contributed by atoms with van der Waals surface area (Å²) in [6, 6.07) is 5.31. The summed E-state index contributed by atoms with van der Waals surface area (Å²) in [5.41, 5.74) is 8.21. The van der Waals surface area contributed by atoms with Gasteiger partial charge in [-0.2, -0.15) is 0 Å². The largest absolute Gasteiger partial charge is 0.399 e. The van der Waals surface area contributed by atoms with Gasteiger partial charge in [-0.25, -0.2) is 0 Å². The quantitative estimate of drug-likeness (QED) is 0.813. The van der Waals surface area contributed by atoms with Gasteiger partial charge in [-0.3, -0.25) is 9.69 Å². The van der Waals surface area contributed by atoms with Crippen LogP contribution in [0.4, 0.5) is 11.4 Å². The Morgan fingerprint density at radius 1 is 1.45 bits per heavy atom. The summed E-state index contributed by atoms with van der Waals surface area (Å²) in [7, 11) is 1.99. The maximum Gasteiger partial charge on any atom is 0.241 e. The highest BCUT2D eigenvalue weighted by molar-refractivity contribution is 5.95. The number of likely N-dealkylation sites (N-methyl/N-ethyl adjacent to an activating group) is 1. The van der Waals surface area contributed by atoms with Gasteiger partial charge in [0.15, 0.2) is 0 Å². The Morgan fingerprint density at radius 3 is 2.55 bits per heavy atom. The maximum absolute atomic E-state index is 12.4. The maximum atomic E-state index is 12.4. The van der Waals surface area contributed by atoms with Crippen molar-refractivity contribution >= 4 is 17.3 Å². The van der Waals surface area contributed by atoms with E-state index in [1.54, 1.807) is 6.07 Å². The van der Waals surface area contributed by atoms with Crippen molar-refractivity contribution in [1.82, 2.24) is 4.90 Å². The summed E-state index contributed by atoms with van der Waals surface area (Å²) in [6.45, 7) is 10.3. The smallest absolute Gasteiger partial charge is 0.241 e. The lowest BCUT2D eigenvalue weighted by Gasteiger charge is -2.38. The second-order valence-corrected chi connectivity index (χ2v) is 6.02. The lowest BCUT2D eigenvalue weighted by atomic mass is 9.98. The number of nitrogens with zero attached hydrogens (tertiary/aromatic N) is 1. The molecule has 1 atom stereocenters. The second-order valence-electron chi connectivity index (χ2n) is 6.02. The zero-order valence-electron chi connectivity index (χ0n) is 13.4. The monoisotopic (exact) mass is 277 g/mol. The Kier molecular flexibility index (Phi) is 5.17. The van der Waals surface area contributed by atoms with E-state index in [2.05, 4.69) is 31.0 Å². The number of hydrogen-bond acceptors (Lipinski definition) is 3. The van der Waals surface area contributed by atoms with Gasteiger partial charge in [-0.05, 0) is 64.9 Å². The number of hydrogen-bond donors (Lipinski definition) is 2. The summed E-state index contributed by atoms with van der Waals surface area (Å²) in [6.07, 6.45) is 0.988. The van der Waals surface area contributed by atoms with Crippen LogP contribution in [0.2, 0.25) is 0 Å². The van der Waals surface area contributed by atoms with Crippen LogP contribution in [0, 0.1) is 6.92 Å². The first-order valence-electron chi connectivity index (χ1n) is 7.09. The average molecular weight is 277 g/mol. The van der Waals surface area contributed by atoms with Crippen LogP contribution in [0.15, 0.2) is 18.2 Å². The molecule has 1 unspecified atom stereocenters. The van der Waals surface area contributed by atoms with Gasteiger partial charge in [0.05, 0.1) is 6.04 Å². The van der Waals surface area contributed by atoms with Gasteiger partial charge in [-0.15, -0.1) is 0 Å². The molecule has 1 rings (SSSR count). The van der Waals surface area contributed by atoms with Crippen molar-refractivity contribution in [3.8, 4) is 0 Å². The number of benzene rings is 1. The molecule has 4 nitrogen and oxygen atoms in total. The van der Waals surface area contributed by atoms with Gasteiger partial charge in [-0.1, -0.05) is 6.92 Å². The molecule has 0 spiro atoms. The third kappa shape index (κ3) is 3.73. The molecule has 1 aromatic rings. The molecule has 0 aliphatic rings. The van der Waals surface area contributed by atoms with Gasteiger partial charge in [0.1, 0.15) is 0 Å². The van der Waals surface area contributed by atoms with Crippen molar-refractivity contribution in [2.45, 2.75) is 52.6 Å². The fourth-order valence-corrected chi connectivity index (χ4v) is 2.01. The van der Waals surface area contributed by atoms with Crippen LogP contribution < -0.4 is 11.1 Å². The second kappa shape index (κ2) is 6.27. The fourth-order valence-electron chi connectivity index (χ4n) is 2.01. The van der Waals surface area contributed by atoms with E-state index in [-0.39, 0.29) is 17.5 Å². The minimum atomic E-state index is -0.193. The number of carbonyl (C=O) groups is 1. The normalized spacial score (nSPS) is 13.3. The number of nitrogens with two attached hydrogens (primary N) is 1. The standard InChI is InChI=1S/C16H27N3O/c1-7-16(4,5)19(6)12(3)15(20)18-14-9-8-13(17)10-11(14)2/h8-10,12H,7,17H2,1-6H3,(H,18,20). The molecule has 0 fully saturated rings. The summed E-state index contributed by atoms with van der Waals surface area (Å²) in [4.78, 5) is 14.5. The molecule has 112 valence electrons. The van der Waals surface area contributed by atoms with E-state index < -0.39 is 0 Å². The lowest BCUT2D eigenvalue weighted by molar-refractivity contribution is -0.122. The van der Waals surface area contributed by atoms with E-state index in [0.29, 0.717) is 5.69 Å². The molecule has 0 aromatic heterocycles. The van der Waals surface area contributed by atoms with Crippen LogP contribution in [0.5, 0.6) is 0 Å². The van der Waals surface area contributed by atoms with Crippen LogP contribution in [-0.2, 0) is 4.79 Å². The summed E-state index contributed by atoms with van der Waals surface area (Å²) in [5.74, 6) is 0.00176. The van der Waals surface area contributed by atoms with Crippen molar-refractivity contribution in [3.63, 3.8) is 0 Å². The number of carbonyl (C=O) groups excluding carboxylic acids is 1. The van der Waals surface area contributed by atoms with E-state index >= 15 is 0 Å². The summed E-state index contributed by atoms with van der Waals surface area (Å²) in [5, 5.41) is 2.98. The number of anilines is 2. The third-order valence-electron chi connectivity index (χ3n) is 4.29. The van der Waals surface area contributed by atoms with Gasteiger partial charge in [0.25, 0.3) is 0 Å². The molecule has 0 bridgehead atoms. The molecule has 1 amide bonds. The Morgan fingerprint density at radius 2 is 2.05 bits per heavy atom. The number of rotatable bonds is 5. The Balaban J connectivity index is 2.80. The van der Waals surface area contributed by atoms with Crippen molar-refractivity contribution in [2.75, 3.05) is 18.1 Å². The Labute approximate surface area is 122 Å². The van der Waals surface area contributed by atoms with Crippen molar-refractivity contribution < 1.29 is 4.79 Å². The van der Waals surface area contributed by atoms with Crippen LogP contribution in [0.3, 0.4) is 0 Å². The first-order chi connectivity index (χ1) is 9.19. The number of nitrogens with one attached hydrogen (secondary N) is 1. The van der Waals surface area contributed by atoms with Crippen molar-refractivity contribution in [1.29, 1.82) is 0 Å². The first-order valence-corrected chi connectivity index (χ1v) is 7.09. The molecular formula is C16H27N3O. The zero-order chi connectivity index (χ0) is 15.5. The number of amides is 1. The summed E-state index contributed by atoms with van der Waals surface area (Å²) < 4.78 is 0. The van der Waals surface area contributed by atoms with E-state index in [4.69, 9.17) is 5.73 Å². The molecular weight excluding hydrogens is 250 g/mol. The molecule has 0 aliphatic heterocycles. The molecule has 1 aromatic carbocycles. The molecule has 3 N–H and O–H groups in total. The minimum absolute atomic E-state index is 0.00176. The van der Waals surface area contributed by atoms with Crippen LogP contribution >= 0.6 is 0 Å². The van der Waals surface area contributed by atoms with Crippen LogP contribution in [0.25, 0.3) is 0 Å². The van der Waals surface area contributed by atoms with E-state index in [1.807, 2.05) is 33.0 Å². The molecule has 0 heterocycles. The predicted octanol–water partition coefficient (Wildman–Crippen LogP) is 3.02. The lowest BCUT2D eigenvalue weighted by Crippen LogP contribution is -2.50. The molecule has 0 saturated carbocycles. The van der Waals surface area contributed by atoms with Crippen molar-refractivity contribution in [2.24, 2.45) is 0 Å². The van der Waals surface area contributed by atoms with Gasteiger partial charge < -0.3 is 11.1 Å². The van der Waals surface area contributed by atoms with Gasteiger partial charge >= 0.3 is 0 Å². The molecule has 0 aliphatic carbocycles. The van der Waals surface area contributed by atoms with Gasteiger partial charge in [0, 0.05) is 16.9 Å². The molecule has 4 heteroatoms. The SMILES string of the molecule is CCC(C)(C)N(C)C(C)C(=O)Nc1ccc(N)cc1C. The zero-order valence-corrected chi connectivity index (χ0v) is 13.4. The van der Waals surface area contributed by atoms with E-state index in [1.165, 1.54) is 0 Å². The number of nitrogen functional groups attached to an aromatic ring is 1. The minimum Gasteiger partial charge on any atom is -0.399 e. The van der Waals surface area contributed by atoms with Crippen LogP contribution in [-0.4, -0.2) is 29.4 Å². The Hall–Kier alpha value is -1.55. The van der Waals surface area contributed by atoms with Gasteiger partial charge in [0.2, 0.25) is 5.91 Å². The van der Waals surface area contributed by atoms with Crippen molar-refractivity contribution in [3.05, 3.63) is 23.8 Å². The topological polar surface area (TPSA) is 58.4 Å². The predicted molar refractivity (Wildman–Crippen MR) is 85.8 cm³/mol. The third-order valence-corrected chi connectivity index (χ3v) is 4.29. The highest BCUT2D eigenvalue weighted by atomic mass is 16.2. The molecule has 20 heavy (non-hydrogen) atoms. The molecule has 0 saturated heterocycles. The molecule has 0 radical (unpaired) electrons. The first kappa shape index (κ1) is 16.5. The van der Waals surface area contributed by atoms with Crippen LogP contribution in [0.1, 0.15) is 39.7 Å². The average Bonchev–Trinajstić information content (AvgIpc) is 2.40.